The topological polar surface area (TPSA) is 129 Å². The zero-order valence-electron chi connectivity index (χ0n) is 32.4. The summed E-state index contributed by atoms with van der Waals surface area (Å²) in [5, 5.41) is 12.3. The Kier molecular flexibility index (Phi) is 14.7. The van der Waals surface area contributed by atoms with Gasteiger partial charge in [-0.15, -0.1) is 13.2 Å². The van der Waals surface area contributed by atoms with Gasteiger partial charge in [-0.05, 0) is 76.3 Å². The predicted molar refractivity (Wildman–Crippen MR) is 218 cm³/mol. The Morgan fingerprint density at radius 3 is 2.35 bits per heavy atom. The van der Waals surface area contributed by atoms with E-state index in [1.54, 1.807) is 28.9 Å². The Morgan fingerprint density at radius 2 is 1.71 bits per heavy atom. The first kappa shape index (κ1) is 42.1. The molecule has 3 aliphatic heterocycles. The number of fused-ring (bicyclic) bond motifs is 1. The summed E-state index contributed by atoms with van der Waals surface area (Å²) in [5.74, 6) is -3.34. The number of benzene rings is 2. The number of carbonyl (C=O) groups is 4. The predicted octanol–water partition coefficient (Wildman–Crippen LogP) is 6.11. The molecule has 2 N–H and O–H groups in total. The van der Waals surface area contributed by atoms with Crippen LogP contribution < -0.4 is 15.1 Å². The number of hydrogen-bond acceptors (Lipinski definition) is 8. The maximum atomic E-state index is 15.1. The summed E-state index contributed by atoms with van der Waals surface area (Å²) in [6.07, 6.45) is 5.73. The van der Waals surface area contributed by atoms with Gasteiger partial charge in [-0.25, -0.2) is 0 Å². The molecule has 3 fully saturated rings. The van der Waals surface area contributed by atoms with Gasteiger partial charge in [0.15, 0.2) is 0 Å². The van der Waals surface area contributed by atoms with Crippen LogP contribution in [0.3, 0.4) is 0 Å². The summed E-state index contributed by atoms with van der Waals surface area (Å²) in [4.78, 5) is 62.4. The molecule has 3 heterocycles. The van der Waals surface area contributed by atoms with Gasteiger partial charge in [0.25, 0.3) is 5.91 Å². The minimum absolute atomic E-state index is 0.0886. The van der Waals surface area contributed by atoms with Crippen LogP contribution in [0.5, 0.6) is 0 Å². The number of anilines is 2. The number of allylic oxidation sites excluding steroid dienone is 1. The van der Waals surface area contributed by atoms with E-state index in [0.717, 1.165) is 31.6 Å². The molecule has 0 aromatic heterocycles. The molecule has 0 radical (unpaired) electrons. The fourth-order valence-corrected chi connectivity index (χ4v) is 9.58. The van der Waals surface area contributed by atoms with Crippen molar-refractivity contribution in [3.63, 3.8) is 0 Å². The minimum atomic E-state index is -1.28. The number of halogens is 1. The highest BCUT2D eigenvalue weighted by Gasteiger charge is 2.77. The first-order valence-corrected chi connectivity index (χ1v) is 20.6. The van der Waals surface area contributed by atoms with Gasteiger partial charge in [-0.1, -0.05) is 71.3 Å². The van der Waals surface area contributed by atoms with Gasteiger partial charge in [0.05, 0.1) is 24.0 Å². The van der Waals surface area contributed by atoms with Crippen LogP contribution in [0.15, 0.2) is 79.9 Å². The van der Waals surface area contributed by atoms with Crippen LogP contribution in [0, 0.1) is 11.8 Å². The fourth-order valence-electron chi connectivity index (χ4n) is 8.64. The van der Waals surface area contributed by atoms with Gasteiger partial charge >= 0.3 is 5.97 Å². The smallest absolute Gasteiger partial charge is 0.313 e. The lowest BCUT2D eigenvalue weighted by Crippen LogP contribution is -2.57. The van der Waals surface area contributed by atoms with Gasteiger partial charge in [0.1, 0.15) is 17.7 Å². The minimum Gasteiger partial charge on any atom is -0.455 e. The lowest BCUT2D eigenvalue weighted by molar-refractivity contribution is -0.162. The molecule has 5 rings (SSSR count). The van der Waals surface area contributed by atoms with E-state index in [0.29, 0.717) is 43.5 Å². The summed E-state index contributed by atoms with van der Waals surface area (Å²) in [6.45, 7) is 15.9. The van der Waals surface area contributed by atoms with E-state index in [1.165, 1.54) is 0 Å². The van der Waals surface area contributed by atoms with Gasteiger partial charge in [-0.2, -0.15) is 0 Å². The lowest BCUT2D eigenvalue weighted by Gasteiger charge is -2.37. The average molecular weight is 822 g/mol. The molecule has 2 bridgehead atoms. The van der Waals surface area contributed by atoms with Crippen molar-refractivity contribution in [3.05, 3.63) is 85.5 Å². The third kappa shape index (κ3) is 8.86. The van der Waals surface area contributed by atoms with Crippen LogP contribution in [0.1, 0.15) is 77.4 Å². The molecule has 1 spiro atoms. The number of rotatable bonds is 21. The zero-order chi connectivity index (χ0) is 39.7. The van der Waals surface area contributed by atoms with Crippen molar-refractivity contribution in [2.75, 3.05) is 42.6 Å². The second-order valence-corrected chi connectivity index (χ2v) is 15.9. The molecule has 0 aliphatic carbocycles. The van der Waals surface area contributed by atoms with Gasteiger partial charge < -0.3 is 34.6 Å². The number of nitrogens with zero attached hydrogens (tertiary/aromatic N) is 3. The Labute approximate surface area is 334 Å². The van der Waals surface area contributed by atoms with Crippen molar-refractivity contribution in [2.24, 2.45) is 11.8 Å². The quantitative estimate of drug-likeness (QED) is 0.0669. The van der Waals surface area contributed by atoms with Crippen LogP contribution in [0.2, 0.25) is 0 Å². The molecule has 12 heteroatoms. The maximum Gasteiger partial charge on any atom is 0.313 e. The number of aliphatic hydroxyl groups excluding tert-OH is 1. The number of aliphatic hydroxyl groups is 1. The first-order valence-electron chi connectivity index (χ1n) is 19.7. The molecule has 1 unspecified atom stereocenters. The Morgan fingerprint density at radius 1 is 1.04 bits per heavy atom. The number of unbranched alkanes of at least 4 members (excludes halogenated alkanes) is 3. The lowest BCUT2D eigenvalue weighted by atomic mass is 9.70. The number of esters is 1. The number of amides is 3. The third-order valence-electron chi connectivity index (χ3n) is 11.3. The summed E-state index contributed by atoms with van der Waals surface area (Å²) in [6, 6.07) is 15.5. The molecule has 3 saturated heterocycles. The van der Waals surface area contributed by atoms with Crippen LogP contribution >= 0.6 is 15.9 Å². The van der Waals surface area contributed by atoms with Crippen molar-refractivity contribution in [3.8, 4) is 0 Å². The second kappa shape index (κ2) is 19.2. The van der Waals surface area contributed by atoms with Crippen molar-refractivity contribution in [1.29, 1.82) is 0 Å². The molecular formula is C43H57BrN4O7. The Hall–Kier alpha value is -4.00. The molecular weight excluding hydrogens is 764 g/mol. The van der Waals surface area contributed by atoms with Crippen LogP contribution in [0.4, 0.5) is 11.4 Å². The van der Waals surface area contributed by atoms with Gasteiger partial charge in [0.2, 0.25) is 11.8 Å². The summed E-state index contributed by atoms with van der Waals surface area (Å²) < 4.78 is 13.1. The summed E-state index contributed by atoms with van der Waals surface area (Å²) in [5.41, 5.74) is 1.13. The van der Waals surface area contributed by atoms with E-state index < -0.39 is 47.7 Å². The maximum absolute atomic E-state index is 15.1. The number of alkyl halides is 1. The molecule has 8 atom stereocenters. The molecule has 298 valence electrons. The molecule has 0 saturated carbocycles. The molecule has 11 nitrogen and oxygen atoms in total. The monoisotopic (exact) mass is 820 g/mol. The van der Waals surface area contributed by atoms with Gasteiger partial charge in [-0.3, -0.25) is 19.2 Å². The van der Waals surface area contributed by atoms with Gasteiger partial charge in [0, 0.05) is 55.4 Å². The third-order valence-corrected chi connectivity index (χ3v) is 12.1. The van der Waals surface area contributed by atoms with E-state index in [9.17, 15) is 19.5 Å². The van der Waals surface area contributed by atoms with Crippen molar-refractivity contribution in [2.45, 2.75) is 100 Å². The number of carbonyl (C=O) groups excluding carboxylic acids is 4. The highest BCUT2D eigenvalue weighted by Crippen LogP contribution is 2.60. The SMILES string of the molecule is C=CCCC(=O)N[C@H](C)[C@@H](OC(=O)[C@H]1[C@@H]2O[C@@]3(CC2Br)[C@@H]1C(=O)N(CCCCCCO)[C@@H]3C(=O)N(CC=C)c1ccc(N(CC)CC)cc1)c1ccccc1. The Balaban J connectivity index is 1.49. The normalized spacial score (nSPS) is 24.9. The standard InChI is InChI=1S/C43H57BrN4O7/c1-6-10-20-34(50)45-29(5)37(30-18-14-13-15-19-30)54-42(53)35-36-40(51)48(26-16-11-12-17-27-49)39(43(36)28-33(44)38(35)55-43)41(52)47(25-7-2)32-23-21-31(22-24-32)46(8-3)9-4/h6-7,13-15,18-19,21-24,29,33,35-39,49H,1-2,8-12,16-17,20,25-28H2,3-5H3,(H,45,50)/t29-,33?,35-,36+,37-,38-,39-,43+/m1/s1. The van der Waals surface area contributed by atoms with E-state index >= 15 is 4.79 Å². The first-order chi connectivity index (χ1) is 26.6. The van der Waals surface area contributed by atoms with Crippen LogP contribution in [0.25, 0.3) is 0 Å². The van der Waals surface area contributed by atoms with Crippen LogP contribution in [-0.4, -0.2) is 95.1 Å². The summed E-state index contributed by atoms with van der Waals surface area (Å²) >= 11 is 3.78. The molecule has 2 aromatic rings. The van der Waals surface area contributed by atoms with Crippen LogP contribution in [-0.2, 0) is 28.7 Å². The number of hydrogen-bond donors (Lipinski definition) is 2. The van der Waals surface area contributed by atoms with E-state index in [2.05, 4.69) is 53.2 Å². The van der Waals surface area contributed by atoms with Crippen molar-refractivity contribution >= 4 is 51.0 Å². The second-order valence-electron chi connectivity index (χ2n) is 14.7. The summed E-state index contributed by atoms with van der Waals surface area (Å²) in [7, 11) is 0. The molecule has 3 amide bonds. The van der Waals surface area contributed by atoms with Crippen molar-refractivity contribution < 1.29 is 33.8 Å². The Bertz CT molecular complexity index is 1650. The highest BCUT2D eigenvalue weighted by atomic mass is 79.9. The number of ether oxygens (including phenoxy) is 2. The zero-order valence-corrected chi connectivity index (χ0v) is 34.0. The fraction of sp³-hybridized carbons (Fsp3) is 0.535. The molecule has 55 heavy (non-hydrogen) atoms. The number of likely N-dealkylation sites (tertiary alicyclic amines) is 1. The molecule has 3 aliphatic rings. The highest BCUT2D eigenvalue weighted by molar-refractivity contribution is 9.09. The van der Waals surface area contributed by atoms with Crippen molar-refractivity contribution in [1.82, 2.24) is 10.2 Å². The number of nitrogens with one attached hydrogen (secondary N) is 1. The van der Waals surface area contributed by atoms with E-state index in [4.69, 9.17) is 9.47 Å². The average Bonchev–Trinajstić information content (AvgIpc) is 3.78. The largest absolute Gasteiger partial charge is 0.455 e. The van der Waals surface area contributed by atoms with E-state index in [-0.39, 0.29) is 42.1 Å². The van der Waals surface area contributed by atoms with E-state index in [1.807, 2.05) is 54.6 Å². The molecule has 2 aromatic carbocycles.